The minimum Gasteiger partial charge on any atom is -0.496 e. The number of hydrogen-bond acceptors (Lipinski definition) is 5. The molecule has 1 aromatic heterocycles. The van der Waals surface area contributed by atoms with Crippen molar-refractivity contribution in [2.45, 2.75) is 6.54 Å². The van der Waals surface area contributed by atoms with Crippen molar-refractivity contribution in [1.82, 2.24) is 10.2 Å². The van der Waals surface area contributed by atoms with Gasteiger partial charge in [0.2, 0.25) is 0 Å². The Morgan fingerprint density at radius 2 is 2.04 bits per heavy atom. The van der Waals surface area contributed by atoms with Crippen LogP contribution in [-0.4, -0.2) is 17.3 Å². The molecule has 0 bridgehead atoms. The van der Waals surface area contributed by atoms with Crippen molar-refractivity contribution in [2.24, 2.45) is 0 Å². The van der Waals surface area contributed by atoms with Gasteiger partial charge in [0.05, 0.1) is 23.2 Å². The van der Waals surface area contributed by atoms with E-state index < -0.39 is 0 Å². The second-order valence-corrected chi connectivity index (χ2v) is 6.25. The smallest absolute Gasteiger partial charge is 0.159 e. The molecule has 0 spiro atoms. The molecule has 0 fully saturated rings. The summed E-state index contributed by atoms with van der Waals surface area (Å²) in [6.07, 6.45) is 0. The van der Waals surface area contributed by atoms with Gasteiger partial charge < -0.3 is 10.1 Å². The number of aromatic nitrogens is 2. The van der Waals surface area contributed by atoms with Gasteiger partial charge in [-0.1, -0.05) is 17.7 Å². The first-order chi connectivity index (χ1) is 11.6. The van der Waals surface area contributed by atoms with E-state index in [9.17, 15) is 0 Å². The van der Waals surface area contributed by atoms with Crippen LogP contribution in [0.25, 0.3) is 10.8 Å². The lowest BCUT2D eigenvalue weighted by atomic mass is 10.1. The monoisotopic (exact) mass is 402 g/mol. The fourth-order valence-electron chi connectivity index (χ4n) is 2.33. The van der Waals surface area contributed by atoms with E-state index in [0.717, 1.165) is 26.6 Å². The van der Waals surface area contributed by atoms with Gasteiger partial charge in [0, 0.05) is 17.3 Å². The molecule has 1 N–H and O–H groups in total. The third-order valence-electron chi connectivity index (χ3n) is 3.54. The Morgan fingerprint density at radius 1 is 1.21 bits per heavy atom. The summed E-state index contributed by atoms with van der Waals surface area (Å²) in [5, 5.41) is 22.2. The summed E-state index contributed by atoms with van der Waals surface area (Å²) in [6.45, 7) is 0.546. The van der Waals surface area contributed by atoms with Gasteiger partial charge in [0.25, 0.3) is 0 Å². The van der Waals surface area contributed by atoms with Gasteiger partial charge in [-0.2, -0.15) is 5.26 Å². The number of nitrogens with one attached hydrogen (secondary N) is 1. The van der Waals surface area contributed by atoms with Gasteiger partial charge in [-0.25, -0.2) is 0 Å². The van der Waals surface area contributed by atoms with Crippen molar-refractivity contribution in [3.8, 4) is 11.8 Å². The van der Waals surface area contributed by atoms with Crippen LogP contribution in [0, 0.1) is 11.3 Å². The number of rotatable bonds is 4. The average molecular weight is 404 g/mol. The van der Waals surface area contributed by atoms with Crippen molar-refractivity contribution in [3.63, 3.8) is 0 Å². The molecule has 24 heavy (non-hydrogen) atoms. The summed E-state index contributed by atoms with van der Waals surface area (Å²) in [6, 6.07) is 13.2. The Hall–Kier alpha value is -2.36. The highest BCUT2D eigenvalue weighted by atomic mass is 79.9. The van der Waals surface area contributed by atoms with E-state index in [0.29, 0.717) is 23.1 Å². The standard InChI is InChI=1S/C17H12BrClN4O/c1-24-15-5-3-11(7-14(15)18)9-21-17-13-6-10(8-20)2-4-12(13)16(19)22-23-17/h2-7H,9H2,1H3,(H,21,23). The van der Waals surface area contributed by atoms with Gasteiger partial charge in [-0.3, -0.25) is 0 Å². The summed E-state index contributed by atoms with van der Waals surface area (Å²) < 4.78 is 6.10. The number of ether oxygens (including phenoxy) is 1. The predicted molar refractivity (Wildman–Crippen MR) is 97.3 cm³/mol. The SMILES string of the molecule is COc1ccc(CNc2nnc(Cl)c3ccc(C#N)cc23)cc1Br. The Kier molecular flexibility index (Phi) is 4.84. The van der Waals surface area contributed by atoms with Gasteiger partial charge in [0.1, 0.15) is 5.75 Å². The van der Waals surface area contributed by atoms with Crippen LogP contribution in [0.5, 0.6) is 5.75 Å². The molecule has 0 saturated heterocycles. The second kappa shape index (κ2) is 7.04. The van der Waals surface area contributed by atoms with E-state index in [2.05, 4.69) is 37.5 Å². The third-order valence-corrected chi connectivity index (χ3v) is 4.44. The molecule has 0 radical (unpaired) electrons. The number of halogens is 2. The molecule has 120 valence electrons. The Bertz CT molecular complexity index is 955. The van der Waals surface area contributed by atoms with Crippen molar-refractivity contribution in [2.75, 3.05) is 12.4 Å². The Morgan fingerprint density at radius 3 is 2.75 bits per heavy atom. The van der Waals surface area contributed by atoms with Crippen molar-refractivity contribution in [3.05, 3.63) is 57.2 Å². The molecule has 0 aliphatic carbocycles. The quantitative estimate of drug-likeness (QED) is 0.692. The lowest BCUT2D eigenvalue weighted by Crippen LogP contribution is -2.04. The largest absolute Gasteiger partial charge is 0.496 e. The van der Waals surface area contributed by atoms with Crippen LogP contribution in [0.15, 0.2) is 40.9 Å². The van der Waals surface area contributed by atoms with Crippen LogP contribution >= 0.6 is 27.5 Å². The highest BCUT2D eigenvalue weighted by Crippen LogP contribution is 2.28. The molecule has 0 aliphatic rings. The summed E-state index contributed by atoms with van der Waals surface area (Å²) in [5.74, 6) is 1.35. The fourth-order valence-corrected chi connectivity index (χ4v) is 3.12. The first kappa shape index (κ1) is 16.5. The van der Waals surface area contributed by atoms with E-state index in [1.165, 1.54) is 0 Å². The number of methoxy groups -OCH3 is 1. The zero-order chi connectivity index (χ0) is 17.1. The average Bonchev–Trinajstić information content (AvgIpc) is 2.61. The van der Waals surface area contributed by atoms with Crippen molar-refractivity contribution < 1.29 is 4.74 Å². The number of anilines is 1. The number of fused-ring (bicyclic) bond motifs is 1. The lowest BCUT2D eigenvalue weighted by molar-refractivity contribution is 0.412. The van der Waals surface area contributed by atoms with E-state index >= 15 is 0 Å². The molecule has 1 heterocycles. The molecule has 3 rings (SSSR count). The maximum atomic E-state index is 9.09. The van der Waals surface area contributed by atoms with Gasteiger partial charge in [-0.05, 0) is 51.8 Å². The zero-order valence-corrected chi connectivity index (χ0v) is 15.0. The minimum absolute atomic E-state index is 0.312. The van der Waals surface area contributed by atoms with Crippen LogP contribution in [0.2, 0.25) is 5.15 Å². The molecule has 5 nitrogen and oxygen atoms in total. The van der Waals surface area contributed by atoms with Crippen LogP contribution in [0.3, 0.4) is 0 Å². The second-order valence-electron chi connectivity index (χ2n) is 5.03. The maximum absolute atomic E-state index is 9.09. The first-order valence-corrected chi connectivity index (χ1v) is 8.22. The molecule has 7 heteroatoms. The molecule has 2 aromatic carbocycles. The number of nitrogens with zero attached hydrogens (tertiary/aromatic N) is 3. The molecule has 0 saturated carbocycles. The van der Waals surface area contributed by atoms with E-state index in [4.69, 9.17) is 21.6 Å². The van der Waals surface area contributed by atoms with Crippen LogP contribution in [0.4, 0.5) is 5.82 Å². The lowest BCUT2D eigenvalue weighted by Gasteiger charge is -2.10. The van der Waals surface area contributed by atoms with Crippen molar-refractivity contribution in [1.29, 1.82) is 5.26 Å². The predicted octanol–water partition coefficient (Wildman–Crippen LogP) is 4.54. The summed E-state index contributed by atoms with van der Waals surface area (Å²) >= 11 is 9.56. The zero-order valence-electron chi connectivity index (χ0n) is 12.7. The third kappa shape index (κ3) is 3.28. The van der Waals surface area contributed by atoms with Gasteiger partial charge in [-0.15, -0.1) is 10.2 Å². The van der Waals surface area contributed by atoms with Crippen LogP contribution < -0.4 is 10.1 Å². The molecule has 3 aromatic rings. The summed E-state index contributed by atoms with van der Waals surface area (Å²) in [4.78, 5) is 0. The highest BCUT2D eigenvalue weighted by molar-refractivity contribution is 9.10. The molecular weight excluding hydrogens is 392 g/mol. The molecule has 0 amide bonds. The maximum Gasteiger partial charge on any atom is 0.159 e. The molecular formula is C17H12BrClN4O. The Balaban J connectivity index is 1.91. The molecule has 0 aliphatic heterocycles. The van der Waals surface area contributed by atoms with E-state index in [-0.39, 0.29) is 0 Å². The summed E-state index contributed by atoms with van der Waals surface area (Å²) in [5.41, 5.74) is 1.59. The van der Waals surface area contributed by atoms with Crippen molar-refractivity contribution >= 4 is 44.1 Å². The number of nitriles is 1. The fraction of sp³-hybridized carbons (Fsp3) is 0.118. The molecule has 0 unspecified atom stereocenters. The number of hydrogen-bond donors (Lipinski definition) is 1. The van der Waals surface area contributed by atoms with Crippen LogP contribution in [-0.2, 0) is 6.54 Å². The van der Waals surface area contributed by atoms with Crippen LogP contribution in [0.1, 0.15) is 11.1 Å². The van der Waals surface area contributed by atoms with E-state index in [1.807, 2.05) is 18.2 Å². The number of benzene rings is 2. The minimum atomic E-state index is 0.312. The highest BCUT2D eigenvalue weighted by Gasteiger charge is 2.09. The first-order valence-electron chi connectivity index (χ1n) is 7.04. The van der Waals surface area contributed by atoms with Gasteiger partial charge >= 0.3 is 0 Å². The normalized spacial score (nSPS) is 10.4. The van der Waals surface area contributed by atoms with E-state index in [1.54, 1.807) is 25.3 Å². The topological polar surface area (TPSA) is 70.8 Å². The molecule has 0 atom stereocenters. The van der Waals surface area contributed by atoms with Gasteiger partial charge in [0.15, 0.2) is 11.0 Å². The Labute approximate surface area is 152 Å². The summed E-state index contributed by atoms with van der Waals surface area (Å²) in [7, 11) is 1.63.